The standard InChI is InChI=1S/C20H14O8/c21-19-15-16(18(28-19)10-2-4-12-14(6-10)26-8-24-12)20(22)27-17(15)9-1-3-11-13(5-9)25-7-23-11/h1-6,15-18H,7-8H2/t15?,16?,17-,18-/m1/s1. The molecule has 0 aliphatic carbocycles. The smallest absolute Gasteiger partial charge is 0.314 e. The van der Waals surface area contributed by atoms with Crippen LogP contribution in [0.25, 0.3) is 0 Å². The summed E-state index contributed by atoms with van der Waals surface area (Å²) in [6.45, 7) is 0.285. The molecule has 2 aromatic rings. The average molecular weight is 382 g/mol. The van der Waals surface area contributed by atoms with Crippen molar-refractivity contribution in [1.29, 1.82) is 0 Å². The Kier molecular flexibility index (Phi) is 3.09. The molecule has 0 saturated carbocycles. The van der Waals surface area contributed by atoms with Crippen molar-refractivity contribution < 1.29 is 38.0 Å². The van der Waals surface area contributed by atoms with E-state index >= 15 is 0 Å². The summed E-state index contributed by atoms with van der Waals surface area (Å²) in [5.41, 5.74) is 1.35. The summed E-state index contributed by atoms with van der Waals surface area (Å²) in [6, 6.07) is 10.5. The van der Waals surface area contributed by atoms with E-state index in [0.29, 0.717) is 34.1 Å². The second-order valence-electron chi connectivity index (χ2n) is 6.99. The van der Waals surface area contributed by atoms with Crippen LogP contribution in [-0.4, -0.2) is 25.5 Å². The van der Waals surface area contributed by atoms with Crippen LogP contribution in [0.1, 0.15) is 23.3 Å². The molecule has 0 aromatic heterocycles. The lowest BCUT2D eigenvalue weighted by atomic mass is 9.84. The highest BCUT2D eigenvalue weighted by Gasteiger charge is 2.60. The second-order valence-corrected chi connectivity index (χ2v) is 6.99. The minimum atomic E-state index is -0.724. The summed E-state index contributed by atoms with van der Waals surface area (Å²) >= 11 is 0. The Morgan fingerprint density at radius 3 is 1.50 bits per heavy atom. The van der Waals surface area contributed by atoms with Crippen LogP contribution in [-0.2, 0) is 19.1 Å². The Hall–Kier alpha value is -3.42. The van der Waals surface area contributed by atoms with E-state index in [-0.39, 0.29) is 13.6 Å². The number of ether oxygens (including phenoxy) is 6. The lowest BCUT2D eigenvalue weighted by Gasteiger charge is -2.15. The first kappa shape index (κ1) is 15.6. The quantitative estimate of drug-likeness (QED) is 0.731. The van der Waals surface area contributed by atoms with Crippen molar-refractivity contribution in [2.45, 2.75) is 12.2 Å². The molecule has 2 fully saturated rings. The van der Waals surface area contributed by atoms with Gasteiger partial charge in [0.15, 0.2) is 23.0 Å². The normalized spacial score (nSPS) is 28.9. The average Bonchev–Trinajstić information content (AvgIpc) is 3.46. The van der Waals surface area contributed by atoms with Gasteiger partial charge in [-0.1, -0.05) is 12.1 Å². The molecule has 6 rings (SSSR count). The highest BCUT2D eigenvalue weighted by atomic mass is 16.7. The molecule has 0 bridgehead atoms. The Labute approximate surface area is 158 Å². The summed E-state index contributed by atoms with van der Waals surface area (Å²) in [4.78, 5) is 25.3. The fraction of sp³-hybridized carbons (Fsp3) is 0.300. The monoisotopic (exact) mass is 382 g/mol. The maximum Gasteiger partial charge on any atom is 0.314 e. The van der Waals surface area contributed by atoms with Crippen LogP contribution >= 0.6 is 0 Å². The first-order valence-corrected chi connectivity index (χ1v) is 8.89. The van der Waals surface area contributed by atoms with Crippen LogP contribution < -0.4 is 18.9 Å². The van der Waals surface area contributed by atoms with Gasteiger partial charge in [0.1, 0.15) is 24.0 Å². The van der Waals surface area contributed by atoms with Crippen LogP contribution in [0, 0.1) is 11.8 Å². The number of carbonyl (C=O) groups excluding carboxylic acids is 2. The molecular formula is C20H14O8. The van der Waals surface area contributed by atoms with Crippen LogP contribution in [0.4, 0.5) is 0 Å². The molecular weight excluding hydrogens is 368 g/mol. The molecule has 2 saturated heterocycles. The van der Waals surface area contributed by atoms with Gasteiger partial charge in [0, 0.05) is 0 Å². The summed E-state index contributed by atoms with van der Waals surface area (Å²) in [5.74, 6) is 0.0223. The van der Waals surface area contributed by atoms with Crippen LogP contribution in [0.2, 0.25) is 0 Å². The molecule has 0 N–H and O–H groups in total. The third-order valence-corrected chi connectivity index (χ3v) is 5.52. The number of hydrogen-bond donors (Lipinski definition) is 0. The van der Waals surface area contributed by atoms with Crippen molar-refractivity contribution in [2.24, 2.45) is 11.8 Å². The maximum absolute atomic E-state index is 12.7. The van der Waals surface area contributed by atoms with E-state index in [9.17, 15) is 9.59 Å². The topological polar surface area (TPSA) is 89.5 Å². The van der Waals surface area contributed by atoms with Gasteiger partial charge in [-0.25, -0.2) is 0 Å². The SMILES string of the molecule is O=C1O[C@H](c2ccc3c(c2)OCO3)C2C(=O)O[C@H](c3ccc4c(c3)OCO4)C12. The molecule has 2 unspecified atom stereocenters. The first-order chi connectivity index (χ1) is 13.7. The van der Waals surface area contributed by atoms with Crippen molar-refractivity contribution in [1.82, 2.24) is 0 Å². The van der Waals surface area contributed by atoms with Gasteiger partial charge in [0.2, 0.25) is 13.6 Å². The fourth-order valence-electron chi connectivity index (χ4n) is 4.20. The Morgan fingerprint density at radius 2 is 1.04 bits per heavy atom. The Morgan fingerprint density at radius 1 is 0.607 bits per heavy atom. The van der Waals surface area contributed by atoms with Crippen LogP contribution in [0.3, 0.4) is 0 Å². The van der Waals surface area contributed by atoms with Gasteiger partial charge in [0.05, 0.1) is 0 Å². The van der Waals surface area contributed by atoms with Gasteiger partial charge in [-0.15, -0.1) is 0 Å². The Balaban J connectivity index is 1.35. The van der Waals surface area contributed by atoms with Gasteiger partial charge in [-0.2, -0.15) is 0 Å². The highest BCUT2D eigenvalue weighted by Crippen LogP contribution is 2.53. The zero-order valence-electron chi connectivity index (χ0n) is 14.5. The van der Waals surface area contributed by atoms with Gasteiger partial charge >= 0.3 is 11.9 Å². The van der Waals surface area contributed by atoms with E-state index in [4.69, 9.17) is 28.4 Å². The van der Waals surface area contributed by atoms with E-state index in [0.717, 1.165) is 0 Å². The Bertz CT molecular complexity index is 934. The molecule has 4 aliphatic rings. The molecule has 4 aliphatic heterocycles. The maximum atomic E-state index is 12.7. The zero-order chi connectivity index (χ0) is 18.8. The number of rotatable bonds is 2. The number of fused-ring (bicyclic) bond motifs is 3. The van der Waals surface area contributed by atoms with Crippen molar-refractivity contribution in [3.63, 3.8) is 0 Å². The molecule has 8 nitrogen and oxygen atoms in total. The fourth-order valence-corrected chi connectivity index (χ4v) is 4.20. The number of esters is 2. The summed E-state index contributed by atoms with van der Waals surface area (Å²) < 4.78 is 32.6. The second kappa shape index (κ2) is 5.54. The molecule has 4 atom stereocenters. The third-order valence-electron chi connectivity index (χ3n) is 5.52. The molecule has 4 heterocycles. The molecule has 2 aromatic carbocycles. The molecule has 8 heteroatoms. The van der Waals surface area contributed by atoms with Gasteiger partial charge < -0.3 is 28.4 Å². The minimum Gasteiger partial charge on any atom is -0.456 e. The van der Waals surface area contributed by atoms with E-state index in [1.54, 1.807) is 36.4 Å². The lowest BCUT2D eigenvalue weighted by Crippen LogP contribution is -2.19. The highest BCUT2D eigenvalue weighted by molar-refractivity contribution is 5.89. The van der Waals surface area contributed by atoms with Crippen LogP contribution in [0.15, 0.2) is 36.4 Å². The van der Waals surface area contributed by atoms with Gasteiger partial charge in [0.25, 0.3) is 0 Å². The zero-order valence-corrected chi connectivity index (χ0v) is 14.5. The summed E-state index contributed by atoms with van der Waals surface area (Å²) in [7, 11) is 0. The van der Waals surface area contributed by atoms with Crippen molar-refractivity contribution in [2.75, 3.05) is 13.6 Å². The molecule has 0 amide bonds. The largest absolute Gasteiger partial charge is 0.456 e. The third kappa shape index (κ3) is 2.11. The molecule has 142 valence electrons. The minimum absolute atomic E-state index is 0.142. The lowest BCUT2D eigenvalue weighted by molar-refractivity contribution is -0.154. The molecule has 0 radical (unpaired) electrons. The van der Waals surface area contributed by atoms with E-state index in [2.05, 4.69) is 0 Å². The number of carbonyl (C=O) groups is 2. The molecule has 28 heavy (non-hydrogen) atoms. The molecule has 0 spiro atoms. The number of cyclic esters (lactones) is 2. The van der Waals surface area contributed by atoms with Crippen molar-refractivity contribution in [3.8, 4) is 23.0 Å². The predicted octanol–water partition coefficient (Wildman–Crippen LogP) is 2.27. The van der Waals surface area contributed by atoms with Gasteiger partial charge in [-0.3, -0.25) is 9.59 Å². The van der Waals surface area contributed by atoms with Crippen molar-refractivity contribution >= 4 is 11.9 Å². The summed E-state index contributed by atoms with van der Waals surface area (Å²) in [5, 5.41) is 0. The first-order valence-electron chi connectivity index (χ1n) is 8.89. The van der Waals surface area contributed by atoms with E-state index < -0.39 is 36.0 Å². The summed E-state index contributed by atoms with van der Waals surface area (Å²) in [6.07, 6.45) is -1.45. The van der Waals surface area contributed by atoms with Gasteiger partial charge in [-0.05, 0) is 35.4 Å². The van der Waals surface area contributed by atoms with E-state index in [1.165, 1.54) is 0 Å². The number of benzene rings is 2. The predicted molar refractivity (Wildman–Crippen MR) is 89.8 cm³/mol. The number of hydrogen-bond acceptors (Lipinski definition) is 8. The van der Waals surface area contributed by atoms with Crippen LogP contribution in [0.5, 0.6) is 23.0 Å². The van der Waals surface area contributed by atoms with Crippen molar-refractivity contribution in [3.05, 3.63) is 47.5 Å². The van der Waals surface area contributed by atoms with E-state index in [1.807, 2.05) is 0 Å².